The Balaban J connectivity index is 2.91. The molecule has 1 heterocycles. The van der Waals surface area contributed by atoms with Crippen LogP contribution in [0.5, 0.6) is 0 Å². The molecular formula is C12H19N3O2. The summed E-state index contributed by atoms with van der Waals surface area (Å²) in [6.45, 7) is 7.97. The number of nitrogens with one attached hydrogen (secondary N) is 1. The topological polar surface area (TPSA) is 68.1 Å². The van der Waals surface area contributed by atoms with Crippen molar-refractivity contribution in [2.75, 3.05) is 5.32 Å². The second-order valence-corrected chi connectivity index (χ2v) is 4.76. The zero-order chi connectivity index (χ0) is 13.0. The molecule has 0 aromatic carbocycles. The number of pyridine rings is 1. The quantitative estimate of drug-likeness (QED) is 0.631. The van der Waals surface area contributed by atoms with Gasteiger partial charge in [-0.2, -0.15) is 0 Å². The molecular weight excluding hydrogens is 218 g/mol. The highest BCUT2D eigenvalue weighted by atomic mass is 16.6. The molecule has 0 saturated heterocycles. The van der Waals surface area contributed by atoms with Gasteiger partial charge in [0.2, 0.25) is 5.82 Å². The van der Waals surface area contributed by atoms with Crippen molar-refractivity contribution in [3.63, 3.8) is 0 Å². The number of aryl methyl sites for hydroxylation is 1. The number of aromatic nitrogens is 1. The fraction of sp³-hybridized carbons (Fsp3) is 0.583. The molecule has 0 aliphatic rings. The van der Waals surface area contributed by atoms with Crippen molar-refractivity contribution in [1.82, 2.24) is 4.98 Å². The molecule has 5 nitrogen and oxygen atoms in total. The second kappa shape index (κ2) is 5.61. The first kappa shape index (κ1) is 13.4. The highest BCUT2D eigenvalue weighted by Gasteiger charge is 2.19. The first-order valence-electron chi connectivity index (χ1n) is 5.78. The lowest BCUT2D eigenvalue weighted by molar-refractivity contribution is -0.384. The Morgan fingerprint density at radius 1 is 1.47 bits per heavy atom. The highest BCUT2D eigenvalue weighted by Crippen LogP contribution is 2.26. The smallest absolute Gasteiger partial charge is 0.314 e. The van der Waals surface area contributed by atoms with Crippen molar-refractivity contribution in [1.29, 1.82) is 0 Å². The van der Waals surface area contributed by atoms with E-state index in [1.807, 2.05) is 6.92 Å². The van der Waals surface area contributed by atoms with Crippen LogP contribution >= 0.6 is 0 Å². The Labute approximate surface area is 101 Å². The Hall–Kier alpha value is -1.65. The van der Waals surface area contributed by atoms with E-state index in [1.54, 1.807) is 19.2 Å². The number of hydrogen-bond acceptors (Lipinski definition) is 4. The summed E-state index contributed by atoms with van der Waals surface area (Å²) in [4.78, 5) is 14.6. The van der Waals surface area contributed by atoms with Crippen LogP contribution in [0.3, 0.4) is 0 Å². The van der Waals surface area contributed by atoms with Gasteiger partial charge in [-0.25, -0.2) is 4.98 Å². The van der Waals surface area contributed by atoms with Gasteiger partial charge in [0.1, 0.15) is 0 Å². The molecule has 1 N–H and O–H groups in total. The van der Waals surface area contributed by atoms with E-state index in [9.17, 15) is 10.1 Å². The van der Waals surface area contributed by atoms with Crippen LogP contribution in [0.15, 0.2) is 12.3 Å². The van der Waals surface area contributed by atoms with Gasteiger partial charge in [0.05, 0.1) is 4.92 Å². The van der Waals surface area contributed by atoms with Crippen molar-refractivity contribution in [3.8, 4) is 0 Å². The zero-order valence-corrected chi connectivity index (χ0v) is 10.7. The van der Waals surface area contributed by atoms with Gasteiger partial charge in [-0.15, -0.1) is 0 Å². The van der Waals surface area contributed by atoms with E-state index >= 15 is 0 Å². The van der Waals surface area contributed by atoms with Crippen LogP contribution in [0.4, 0.5) is 11.5 Å². The van der Waals surface area contributed by atoms with Gasteiger partial charge in [-0.1, -0.05) is 13.8 Å². The number of hydrogen-bond donors (Lipinski definition) is 1. The molecule has 1 rings (SSSR count). The summed E-state index contributed by atoms with van der Waals surface area (Å²) in [5, 5.41) is 14.1. The summed E-state index contributed by atoms with van der Waals surface area (Å²) in [5.74, 6) is 0.907. The van der Waals surface area contributed by atoms with E-state index in [-0.39, 0.29) is 16.7 Å². The third-order valence-corrected chi connectivity index (χ3v) is 2.52. The predicted molar refractivity (Wildman–Crippen MR) is 68.2 cm³/mol. The molecule has 0 aliphatic heterocycles. The Morgan fingerprint density at radius 2 is 2.12 bits per heavy atom. The molecule has 0 bridgehead atoms. The van der Waals surface area contributed by atoms with E-state index < -0.39 is 0 Å². The molecule has 94 valence electrons. The van der Waals surface area contributed by atoms with Crippen LogP contribution in [0.25, 0.3) is 0 Å². The SMILES string of the molecule is Cc1ccnc(NC(C)CC(C)C)c1[N+](=O)[O-]. The minimum Gasteiger partial charge on any atom is -0.362 e. The minimum atomic E-state index is -0.382. The van der Waals surface area contributed by atoms with Gasteiger partial charge in [-0.3, -0.25) is 10.1 Å². The lowest BCUT2D eigenvalue weighted by Gasteiger charge is -2.16. The van der Waals surface area contributed by atoms with Gasteiger partial charge in [0.15, 0.2) is 0 Å². The second-order valence-electron chi connectivity index (χ2n) is 4.76. The molecule has 0 aliphatic carbocycles. The first-order valence-corrected chi connectivity index (χ1v) is 5.78. The molecule has 1 aromatic heterocycles. The average molecular weight is 237 g/mol. The minimum absolute atomic E-state index is 0.0723. The van der Waals surface area contributed by atoms with Crippen molar-refractivity contribution in [3.05, 3.63) is 27.9 Å². The zero-order valence-electron chi connectivity index (χ0n) is 10.7. The van der Waals surface area contributed by atoms with Gasteiger partial charge >= 0.3 is 5.69 Å². The highest BCUT2D eigenvalue weighted by molar-refractivity contribution is 5.60. The molecule has 0 fully saturated rings. The fourth-order valence-electron chi connectivity index (χ4n) is 1.89. The summed E-state index contributed by atoms with van der Waals surface area (Å²) >= 11 is 0. The molecule has 0 radical (unpaired) electrons. The van der Waals surface area contributed by atoms with Crippen molar-refractivity contribution in [2.24, 2.45) is 5.92 Å². The first-order chi connectivity index (χ1) is 7.91. The van der Waals surface area contributed by atoms with Crippen LogP contribution in [-0.2, 0) is 0 Å². The maximum absolute atomic E-state index is 11.0. The van der Waals surface area contributed by atoms with Crippen LogP contribution in [0, 0.1) is 23.0 Å². The van der Waals surface area contributed by atoms with Crippen LogP contribution in [0.1, 0.15) is 32.8 Å². The van der Waals surface area contributed by atoms with Gasteiger partial charge in [0.25, 0.3) is 0 Å². The standard InChI is InChI=1S/C12H19N3O2/c1-8(2)7-10(4)14-12-11(15(16)17)9(3)5-6-13-12/h5-6,8,10H,7H2,1-4H3,(H,13,14). The van der Waals surface area contributed by atoms with Crippen molar-refractivity contribution < 1.29 is 4.92 Å². The summed E-state index contributed by atoms with van der Waals surface area (Å²) in [6, 6.07) is 1.82. The maximum atomic E-state index is 11.0. The third kappa shape index (κ3) is 3.69. The Morgan fingerprint density at radius 3 is 2.65 bits per heavy atom. The summed E-state index contributed by atoms with van der Waals surface area (Å²) in [7, 11) is 0. The Kier molecular flexibility index (Phi) is 4.43. The lowest BCUT2D eigenvalue weighted by Crippen LogP contribution is -2.19. The third-order valence-electron chi connectivity index (χ3n) is 2.52. The maximum Gasteiger partial charge on any atom is 0.314 e. The monoisotopic (exact) mass is 237 g/mol. The molecule has 1 aromatic rings. The van der Waals surface area contributed by atoms with E-state index in [2.05, 4.69) is 24.1 Å². The number of anilines is 1. The van der Waals surface area contributed by atoms with Crippen LogP contribution in [-0.4, -0.2) is 15.9 Å². The summed E-state index contributed by atoms with van der Waals surface area (Å²) in [6.07, 6.45) is 2.54. The van der Waals surface area contributed by atoms with Crippen molar-refractivity contribution in [2.45, 2.75) is 40.2 Å². The summed E-state index contributed by atoms with van der Waals surface area (Å²) in [5.41, 5.74) is 0.701. The molecule has 1 atom stereocenters. The van der Waals surface area contributed by atoms with E-state index in [0.29, 0.717) is 17.3 Å². The molecule has 1 unspecified atom stereocenters. The van der Waals surface area contributed by atoms with Crippen LogP contribution in [0.2, 0.25) is 0 Å². The molecule has 0 spiro atoms. The van der Waals surface area contributed by atoms with Crippen molar-refractivity contribution >= 4 is 11.5 Å². The van der Waals surface area contributed by atoms with E-state index in [4.69, 9.17) is 0 Å². The lowest BCUT2D eigenvalue weighted by atomic mass is 10.1. The summed E-state index contributed by atoms with van der Waals surface area (Å²) < 4.78 is 0. The molecule has 0 amide bonds. The van der Waals surface area contributed by atoms with Gasteiger partial charge in [0, 0.05) is 17.8 Å². The predicted octanol–water partition coefficient (Wildman–Crippen LogP) is 3.14. The number of rotatable bonds is 5. The fourth-order valence-corrected chi connectivity index (χ4v) is 1.89. The van der Waals surface area contributed by atoms with Crippen LogP contribution < -0.4 is 5.32 Å². The van der Waals surface area contributed by atoms with Gasteiger partial charge < -0.3 is 5.32 Å². The molecule has 17 heavy (non-hydrogen) atoms. The molecule has 0 saturated carbocycles. The number of nitro groups is 1. The van der Waals surface area contributed by atoms with Gasteiger partial charge in [-0.05, 0) is 32.3 Å². The van der Waals surface area contributed by atoms with E-state index in [1.165, 1.54) is 0 Å². The van der Waals surface area contributed by atoms with E-state index in [0.717, 1.165) is 6.42 Å². The number of nitrogens with zero attached hydrogens (tertiary/aromatic N) is 2. The largest absolute Gasteiger partial charge is 0.362 e. The molecule has 5 heteroatoms. The Bertz CT molecular complexity index is 405. The normalized spacial score (nSPS) is 12.5. The average Bonchev–Trinajstić information content (AvgIpc) is 2.15.